The van der Waals surface area contributed by atoms with Crippen LogP contribution in [0.3, 0.4) is 0 Å². The van der Waals surface area contributed by atoms with E-state index in [1.165, 1.54) is 61.2 Å². The van der Waals surface area contributed by atoms with Crippen molar-refractivity contribution in [3.8, 4) is 22.3 Å². The van der Waals surface area contributed by atoms with Crippen molar-refractivity contribution in [2.45, 2.75) is 31.6 Å². The molecule has 1 heterocycles. The number of rotatable bonds is 5. The average molecular weight is 756 g/mol. The van der Waals surface area contributed by atoms with Crippen molar-refractivity contribution in [1.29, 1.82) is 0 Å². The quantitative estimate of drug-likeness (QED) is 0.174. The van der Waals surface area contributed by atoms with Gasteiger partial charge in [0.1, 0.15) is 11.2 Å². The summed E-state index contributed by atoms with van der Waals surface area (Å²) in [5, 5.41) is 4.53. The minimum atomic E-state index is -0.526. The smallest absolute Gasteiger partial charge is 0.143 e. The molecular formula is C57H41NO. The predicted octanol–water partition coefficient (Wildman–Crippen LogP) is 15.2. The van der Waals surface area contributed by atoms with Gasteiger partial charge in [0.25, 0.3) is 0 Å². The van der Waals surface area contributed by atoms with E-state index < -0.39 is 5.41 Å². The molecule has 0 saturated heterocycles. The Morgan fingerprint density at radius 2 is 0.966 bits per heavy atom. The van der Waals surface area contributed by atoms with E-state index in [0.29, 0.717) is 0 Å². The number of fused-ring (bicyclic) bond motifs is 11. The minimum absolute atomic E-state index is 0.160. The van der Waals surface area contributed by atoms with Gasteiger partial charge in [0.05, 0.1) is 11.1 Å². The first-order chi connectivity index (χ1) is 28.9. The van der Waals surface area contributed by atoms with Gasteiger partial charge >= 0.3 is 0 Å². The number of nitrogens with zero attached hydrogens (tertiary/aromatic N) is 1. The van der Waals surface area contributed by atoms with Gasteiger partial charge in [-0.15, -0.1) is 0 Å². The first kappa shape index (κ1) is 33.9. The molecule has 2 aliphatic rings. The third-order valence-corrected chi connectivity index (χ3v) is 13.5. The minimum Gasteiger partial charge on any atom is -0.455 e. The van der Waals surface area contributed by atoms with Gasteiger partial charge in [-0.05, 0) is 105 Å². The summed E-state index contributed by atoms with van der Waals surface area (Å²) in [5.41, 5.74) is 18.7. The first-order valence-electron chi connectivity index (χ1n) is 20.7. The van der Waals surface area contributed by atoms with Crippen LogP contribution in [0.5, 0.6) is 0 Å². The Balaban J connectivity index is 1.19. The molecule has 0 atom stereocenters. The molecule has 0 unspecified atom stereocenters. The van der Waals surface area contributed by atoms with Crippen LogP contribution in [-0.4, -0.2) is 0 Å². The fraction of sp³-hybridized carbons (Fsp3) is 0.0877. The lowest BCUT2D eigenvalue weighted by Crippen LogP contribution is -2.28. The Morgan fingerprint density at radius 1 is 0.424 bits per heavy atom. The summed E-state index contributed by atoms with van der Waals surface area (Å²) in [6, 6.07) is 71.9. The zero-order chi connectivity index (χ0) is 39.5. The topological polar surface area (TPSA) is 16.4 Å². The van der Waals surface area contributed by atoms with E-state index in [2.05, 4.69) is 220 Å². The van der Waals surface area contributed by atoms with E-state index in [-0.39, 0.29) is 5.41 Å². The lowest BCUT2D eigenvalue weighted by atomic mass is 9.67. The Bertz CT molecular complexity index is 3280. The van der Waals surface area contributed by atoms with E-state index in [0.717, 1.165) is 49.8 Å². The highest BCUT2D eigenvalue weighted by Gasteiger charge is 2.46. The van der Waals surface area contributed by atoms with Crippen molar-refractivity contribution in [3.63, 3.8) is 0 Å². The second kappa shape index (κ2) is 12.4. The molecule has 1 aromatic heterocycles. The molecule has 2 nitrogen and oxygen atoms in total. The molecule has 12 rings (SSSR count). The monoisotopic (exact) mass is 755 g/mol. The fourth-order valence-corrected chi connectivity index (χ4v) is 10.8. The van der Waals surface area contributed by atoms with Crippen LogP contribution >= 0.6 is 0 Å². The molecule has 0 N–H and O–H groups in total. The summed E-state index contributed by atoms with van der Waals surface area (Å²) >= 11 is 0. The molecule has 0 bridgehead atoms. The number of anilines is 3. The molecule has 280 valence electrons. The number of benzene rings is 9. The van der Waals surface area contributed by atoms with Gasteiger partial charge in [0, 0.05) is 38.3 Å². The van der Waals surface area contributed by atoms with E-state index in [1.807, 2.05) is 0 Å². The lowest BCUT2D eigenvalue weighted by Gasteiger charge is -2.35. The van der Waals surface area contributed by atoms with Gasteiger partial charge < -0.3 is 9.32 Å². The van der Waals surface area contributed by atoms with Crippen LogP contribution in [0.15, 0.2) is 199 Å². The number of aryl methyl sites for hydroxylation is 1. The SMILES string of the molecule is Cc1cccc2oc3c4ccccc4c(N(c4ccc5c(c4)C(C)(C)c4ccccc4-5)c4ccc5c(c4)C(c4ccccc4)(c4ccccc4)c4ccccc4-5)cc3c12. The molecule has 0 aliphatic heterocycles. The van der Waals surface area contributed by atoms with Crippen LogP contribution in [0.25, 0.3) is 55.0 Å². The van der Waals surface area contributed by atoms with Gasteiger partial charge in [0.2, 0.25) is 0 Å². The van der Waals surface area contributed by atoms with Crippen molar-refractivity contribution in [3.05, 3.63) is 233 Å². The summed E-state index contributed by atoms with van der Waals surface area (Å²) in [7, 11) is 0. The van der Waals surface area contributed by atoms with Gasteiger partial charge in [0.15, 0.2) is 0 Å². The van der Waals surface area contributed by atoms with Gasteiger partial charge in [-0.3, -0.25) is 0 Å². The van der Waals surface area contributed by atoms with Crippen LogP contribution in [-0.2, 0) is 10.8 Å². The van der Waals surface area contributed by atoms with Crippen molar-refractivity contribution in [1.82, 2.24) is 0 Å². The van der Waals surface area contributed by atoms with Crippen LogP contribution in [0.2, 0.25) is 0 Å². The molecule has 0 radical (unpaired) electrons. The molecule has 2 heteroatoms. The maximum Gasteiger partial charge on any atom is 0.143 e. The maximum absolute atomic E-state index is 6.72. The third-order valence-electron chi connectivity index (χ3n) is 13.5. The van der Waals surface area contributed by atoms with E-state index in [1.54, 1.807) is 0 Å². The average Bonchev–Trinajstić information content (AvgIpc) is 3.89. The van der Waals surface area contributed by atoms with Gasteiger partial charge in [-0.25, -0.2) is 0 Å². The van der Waals surface area contributed by atoms with Crippen LogP contribution in [0, 0.1) is 6.92 Å². The zero-order valence-electron chi connectivity index (χ0n) is 33.3. The molecule has 2 aliphatic carbocycles. The number of furan rings is 1. The molecule has 0 saturated carbocycles. The Morgan fingerprint density at radius 3 is 1.66 bits per heavy atom. The molecule has 59 heavy (non-hydrogen) atoms. The number of hydrogen-bond donors (Lipinski definition) is 0. The molecular weight excluding hydrogens is 715 g/mol. The molecule has 0 spiro atoms. The molecule has 0 fully saturated rings. The molecule has 9 aromatic carbocycles. The van der Waals surface area contributed by atoms with Crippen LogP contribution in [0.1, 0.15) is 52.8 Å². The fourth-order valence-electron chi connectivity index (χ4n) is 10.8. The first-order valence-corrected chi connectivity index (χ1v) is 20.7. The summed E-state index contributed by atoms with van der Waals surface area (Å²) in [4.78, 5) is 2.52. The van der Waals surface area contributed by atoms with E-state index >= 15 is 0 Å². The zero-order valence-corrected chi connectivity index (χ0v) is 33.3. The molecule has 10 aromatic rings. The summed E-state index contributed by atoms with van der Waals surface area (Å²) in [6.45, 7) is 6.93. The van der Waals surface area contributed by atoms with Crippen molar-refractivity contribution in [2.24, 2.45) is 0 Å². The van der Waals surface area contributed by atoms with Gasteiger partial charge in [-0.2, -0.15) is 0 Å². The summed E-state index contributed by atoms with van der Waals surface area (Å²) < 4.78 is 6.72. The normalized spacial score (nSPS) is 14.3. The largest absolute Gasteiger partial charge is 0.455 e. The Hall–Kier alpha value is -7.16. The highest BCUT2D eigenvalue weighted by molar-refractivity contribution is 6.20. The van der Waals surface area contributed by atoms with Crippen molar-refractivity contribution in [2.75, 3.05) is 4.90 Å². The standard InChI is InChI=1S/C57H41NO/c1-36-17-16-28-53-54(36)47-35-52(45-24-10-11-25-46(45)55(47)59-53)58(39-29-31-43-41-22-12-14-26-48(41)56(2,3)50(43)33-39)40-30-32-44-42-23-13-15-27-49(42)57(51(44)34-40,37-18-6-4-7-19-37)38-20-8-5-9-21-38/h4-35H,1-3H3. The predicted molar refractivity (Wildman–Crippen MR) is 246 cm³/mol. The molecule has 0 amide bonds. The lowest BCUT2D eigenvalue weighted by molar-refractivity contribution is 0.660. The highest BCUT2D eigenvalue weighted by Crippen LogP contribution is 2.58. The Labute approximate surface area is 344 Å². The highest BCUT2D eigenvalue weighted by atomic mass is 16.3. The van der Waals surface area contributed by atoms with Gasteiger partial charge in [-0.1, -0.05) is 172 Å². The van der Waals surface area contributed by atoms with Crippen LogP contribution < -0.4 is 4.90 Å². The second-order valence-corrected chi connectivity index (χ2v) is 16.9. The summed E-state index contributed by atoms with van der Waals surface area (Å²) in [6.07, 6.45) is 0. The summed E-state index contributed by atoms with van der Waals surface area (Å²) in [5.74, 6) is 0. The number of hydrogen-bond acceptors (Lipinski definition) is 2. The van der Waals surface area contributed by atoms with Crippen molar-refractivity contribution < 1.29 is 4.42 Å². The van der Waals surface area contributed by atoms with Crippen LogP contribution in [0.4, 0.5) is 17.1 Å². The maximum atomic E-state index is 6.72. The third kappa shape index (κ3) is 4.63. The Kier molecular flexibility index (Phi) is 7.14. The van der Waals surface area contributed by atoms with E-state index in [4.69, 9.17) is 4.42 Å². The second-order valence-electron chi connectivity index (χ2n) is 16.9. The van der Waals surface area contributed by atoms with Crippen molar-refractivity contribution >= 4 is 49.8 Å². The van der Waals surface area contributed by atoms with E-state index in [9.17, 15) is 0 Å².